The van der Waals surface area contributed by atoms with Gasteiger partial charge in [-0.05, 0) is 73.3 Å². The fourth-order valence-corrected chi connectivity index (χ4v) is 6.33. The standard InChI is InChI=1S/C34H52N3O3/c1-6-7-19-35(20-11-21-37(2,3)4)34(38)26-36-25-30(29-17-16-27-12-10-13-28(27)23-29)24-31(36)18-22-40-33-15-9-8-14-32(33)39-5/h8-9,14-17,23,30-31H,6-7,10-13,18-22,24-26H2,1-5H3/q+1. The Labute approximate surface area is 242 Å². The van der Waals surface area contributed by atoms with E-state index in [1.807, 2.05) is 24.3 Å². The molecule has 1 fully saturated rings. The van der Waals surface area contributed by atoms with Crippen molar-refractivity contribution >= 4 is 5.91 Å². The molecule has 1 saturated heterocycles. The quantitative estimate of drug-likeness (QED) is 0.273. The van der Waals surface area contributed by atoms with E-state index in [2.05, 4.69) is 56.1 Å². The molecule has 6 heteroatoms. The highest BCUT2D eigenvalue weighted by atomic mass is 16.5. The monoisotopic (exact) mass is 550 g/mol. The smallest absolute Gasteiger partial charge is 0.236 e. The molecule has 0 spiro atoms. The van der Waals surface area contributed by atoms with E-state index in [-0.39, 0.29) is 5.91 Å². The fourth-order valence-electron chi connectivity index (χ4n) is 6.33. The lowest BCUT2D eigenvalue weighted by Crippen LogP contribution is -2.44. The molecule has 1 amide bonds. The summed E-state index contributed by atoms with van der Waals surface area (Å²) in [6, 6.07) is 15.3. The lowest BCUT2D eigenvalue weighted by Gasteiger charge is -2.30. The molecule has 40 heavy (non-hydrogen) atoms. The van der Waals surface area contributed by atoms with E-state index in [1.54, 1.807) is 7.11 Å². The number of amides is 1. The highest BCUT2D eigenvalue weighted by Gasteiger charge is 2.35. The van der Waals surface area contributed by atoms with Gasteiger partial charge in [-0.3, -0.25) is 9.69 Å². The molecule has 2 aliphatic rings. The van der Waals surface area contributed by atoms with Gasteiger partial charge in [-0.2, -0.15) is 0 Å². The van der Waals surface area contributed by atoms with Gasteiger partial charge in [0.2, 0.25) is 5.91 Å². The van der Waals surface area contributed by atoms with Crippen molar-refractivity contribution < 1.29 is 18.8 Å². The maximum Gasteiger partial charge on any atom is 0.236 e. The predicted molar refractivity (Wildman–Crippen MR) is 163 cm³/mol. The van der Waals surface area contributed by atoms with Crippen LogP contribution in [-0.2, 0) is 17.6 Å². The SMILES string of the molecule is CCCCN(CCC[N+](C)(C)C)C(=O)CN1CC(c2ccc3c(c2)CCC3)CC1CCOc1ccccc1OC. The van der Waals surface area contributed by atoms with Crippen molar-refractivity contribution in [3.8, 4) is 11.5 Å². The van der Waals surface area contributed by atoms with Crippen LogP contribution in [0, 0.1) is 0 Å². The van der Waals surface area contributed by atoms with Crippen LogP contribution in [0.15, 0.2) is 42.5 Å². The normalized spacial score (nSPS) is 19.0. The van der Waals surface area contributed by atoms with Crippen LogP contribution >= 0.6 is 0 Å². The zero-order chi connectivity index (χ0) is 28.5. The van der Waals surface area contributed by atoms with Gasteiger partial charge < -0.3 is 18.9 Å². The van der Waals surface area contributed by atoms with Crippen LogP contribution in [0.3, 0.4) is 0 Å². The number of unbranched alkanes of at least 4 members (excludes halogenated alkanes) is 1. The highest BCUT2D eigenvalue weighted by molar-refractivity contribution is 5.78. The molecule has 1 heterocycles. The fraction of sp³-hybridized carbons (Fsp3) is 0.618. The summed E-state index contributed by atoms with van der Waals surface area (Å²) in [6.45, 7) is 7.01. The molecule has 1 aliphatic carbocycles. The van der Waals surface area contributed by atoms with Crippen LogP contribution in [0.25, 0.3) is 0 Å². The van der Waals surface area contributed by atoms with Crippen molar-refractivity contribution in [2.75, 3.05) is 67.6 Å². The molecular formula is C34H52N3O3+. The van der Waals surface area contributed by atoms with Gasteiger partial charge in [-0.15, -0.1) is 0 Å². The third-order valence-electron chi connectivity index (χ3n) is 8.63. The third kappa shape index (κ3) is 8.47. The topological polar surface area (TPSA) is 42.0 Å². The van der Waals surface area contributed by atoms with E-state index in [1.165, 1.54) is 36.0 Å². The number of carbonyl (C=O) groups is 1. The molecule has 0 N–H and O–H groups in total. The molecule has 0 radical (unpaired) electrons. The van der Waals surface area contributed by atoms with Crippen molar-refractivity contribution in [1.82, 2.24) is 9.80 Å². The number of benzene rings is 2. The molecule has 4 rings (SSSR count). The largest absolute Gasteiger partial charge is 0.493 e. The van der Waals surface area contributed by atoms with Crippen LogP contribution in [0.5, 0.6) is 11.5 Å². The van der Waals surface area contributed by atoms with Gasteiger partial charge in [0.15, 0.2) is 11.5 Å². The maximum absolute atomic E-state index is 13.7. The van der Waals surface area contributed by atoms with Gasteiger partial charge in [0.05, 0.1) is 47.9 Å². The number of quaternary nitrogens is 1. The molecule has 0 saturated carbocycles. The first-order valence-electron chi connectivity index (χ1n) is 15.5. The average molecular weight is 551 g/mol. The minimum absolute atomic E-state index is 0.278. The van der Waals surface area contributed by atoms with Crippen LogP contribution in [0.1, 0.15) is 68.1 Å². The minimum atomic E-state index is 0.278. The van der Waals surface area contributed by atoms with E-state index >= 15 is 0 Å². The molecule has 1 aliphatic heterocycles. The molecule has 2 atom stereocenters. The van der Waals surface area contributed by atoms with Crippen molar-refractivity contribution in [3.63, 3.8) is 0 Å². The Hall–Kier alpha value is -2.57. The summed E-state index contributed by atoms with van der Waals surface area (Å²) in [7, 11) is 8.34. The van der Waals surface area contributed by atoms with Crippen molar-refractivity contribution in [1.29, 1.82) is 0 Å². The Morgan fingerprint density at radius 2 is 1.77 bits per heavy atom. The third-order valence-corrected chi connectivity index (χ3v) is 8.63. The summed E-state index contributed by atoms with van der Waals surface area (Å²) in [5, 5.41) is 0. The molecule has 0 bridgehead atoms. The number of ether oxygens (including phenoxy) is 2. The summed E-state index contributed by atoms with van der Waals surface area (Å²) < 4.78 is 12.6. The number of fused-ring (bicyclic) bond motifs is 1. The average Bonchev–Trinajstić information content (AvgIpc) is 3.56. The summed E-state index contributed by atoms with van der Waals surface area (Å²) in [6.07, 6.45) is 8.85. The Morgan fingerprint density at radius 3 is 2.52 bits per heavy atom. The molecule has 2 aromatic rings. The van der Waals surface area contributed by atoms with E-state index in [4.69, 9.17) is 9.47 Å². The second-order valence-corrected chi connectivity index (χ2v) is 12.8. The van der Waals surface area contributed by atoms with E-state index in [0.717, 1.165) is 74.3 Å². The zero-order valence-electron chi connectivity index (χ0n) is 25.7. The Kier molecular flexibility index (Phi) is 10.9. The maximum atomic E-state index is 13.7. The molecular weight excluding hydrogens is 498 g/mol. The van der Waals surface area contributed by atoms with Gasteiger partial charge in [0.25, 0.3) is 0 Å². The van der Waals surface area contributed by atoms with Crippen LogP contribution < -0.4 is 9.47 Å². The van der Waals surface area contributed by atoms with E-state index in [9.17, 15) is 4.79 Å². The summed E-state index contributed by atoms with van der Waals surface area (Å²) in [5.41, 5.74) is 4.50. The van der Waals surface area contributed by atoms with Gasteiger partial charge in [-0.1, -0.05) is 43.7 Å². The Bertz CT molecular complexity index is 1100. The van der Waals surface area contributed by atoms with Crippen molar-refractivity contribution in [2.45, 2.75) is 70.3 Å². The zero-order valence-corrected chi connectivity index (χ0v) is 25.7. The number of carbonyl (C=O) groups excluding carboxylic acids is 1. The summed E-state index contributed by atoms with van der Waals surface area (Å²) >= 11 is 0. The van der Waals surface area contributed by atoms with Crippen LogP contribution in [0.4, 0.5) is 0 Å². The summed E-state index contributed by atoms with van der Waals surface area (Å²) in [4.78, 5) is 18.3. The number of aryl methyl sites for hydroxylation is 2. The van der Waals surface area contributed by atoms with Crippen LogP contribution in [0.2, 0.25) is 0 Å². The number of methoxy groups -OCH3 is 1. The molecule has 220 valence electrons. The molecule has 0 aromatic heterocycles. The first kappa shape index (κ1) is 30.4. The van der Waals surface area contributed by atoms with Gasteiger partial charge in [0.1, 0.15) is 0 Å². The Balaban J connectivity index is 1.44. The van der Waals surface area contributed by atoms with Gasteiger partial charge in [0, 0.05) is 32.1 Å². The number of rotatable bonds is 15. The number of hydrogen-bond acceptors (Lipinski definition) is 4. The predicted octanol–water partition coefficient (Wildman–Crippen LogP) is 5.54. The Morgan fingerprint density at radius 1 is 1.02 bits per heavy atom. The number of hydrogen-bond donors (Lipinski definition) is 0. The number of likely N-dealkylation sites (tertiary alicyclic amines) is 1. The second-order valence-electron chi connectivity index (χ2n) is 12.8. The highest BCUT2D eigenvalue weighted by Crippen LogP contribution is 2.36. The summed E-state index contributed by atoms with van der Waals surface area (Å²) in [5.74, 6) is 2.28. The molecule has 6 nitrogen and oxygen atoms in total. The van der Waals surface area contributed by atoms with Crippen molar-refractivity contribution in [2.24, 2.45) is 0 Å². The molecule has 2 aromatic carbocycles. The lowest BCUT2D eigenvalue weighted by molar-refractivity contribution is -0.870. The molecule has 2 unspecified atom stereocenters. The van der Waals surface area contributed by atoms with Crippen molar-refractivity contribution in [3.05, 3.63) is 59.2 Å². The van der Waals surface area contributed by atoms with Gasteiger partial charge in [-0.25, -0.2) is 0 Å². The van der Waals surface area contributed by atoms with Gasteiger partial charge >= 0.3 is 0 Å². The minimum Gasteiger partial charge on any atom is -0.493 e. The lowest BCUT2D eigenvalue weighted by atomic mass is 9.93. The van der Waals surface area contributed by atoms with Crippen LogP contribution in [-0.4, -0.2) is 93.8 Å². The van der Waals surface area contributed by atoms with E-state index in [0.29, 0.717) is 25.1 Å². The number of para-hydroxylation sites is 2. The number of nitrogens with zero attached hydrogens (tertiary/aromatic N) is 3. The first-order chi connectivity index (χ1) is 19.3. The second kappa shape index (κ2) is 14.4. The first-order valence-corrected chi connectivity index (χ1v) is 15.5. The van der Waals surface area contributed by atoms with E-state index < -0.39 is 0 Å².